The van der Waals surface area contributed by atoms with Gasteiger partial charge in [0.25, 0.3) is 0 Å². The first-order valence-electron chi connectivity index (χ1n) is 4.43. The molecule has 0 atom stereocenters. The molecule has 0 aliphatic carbocycles. The molecule has 0 saturated carbocycles. The number of nitrogens with one attached hydrogen (secondary N) is 1. The molecule has 0 heterocycles. The predicted octanol–water partition coefficient (Wildman–Crippen LogP) is 0.864. The molecule has 0 aromatic heterocycles. The molecule has 0 aliphatic heterocycles. The van der Waals surface area contributed by atoms with Crippen LogP contribution in [0.4, 0.5) is 0 Å². The SMILES string of the molecule is OCCCNCc1ccccc1O. The molecule has 0 radical (unpaired) electrons. The van der Waals surface area contributed by atoms with Crippen molar-refractivity contribution < 1.29 is 10.2 Å². The Morgan fingerprint density at radius 2 is 2.00 bits per heavy atom. The normalized spacial score (nSPS) is 10.2. The quantitative estimate of drug-likeness (QED) is 0.591. The molecule has 0 aliphatic rings. The number of phenols is 1. The summed E-state index contributed by atoms with van der Waals surface area (Å²) in [6, 6.07) is 7.24. The van der Waals surface area contributed by atoms with Crippen LogP contribution < -0.4 is 5.32 Å². The summed E-state index contributed by atoms with van der Waals surface area (Å²) < 4.78 is 0. The van der Waals surface area contributed by atoms with Gasteiger partial charge in [-0.05, 0) is 19.0 Å². The van der Waals surface area contributed by atoms with E-state index in [1.807, 2.05) is 12.1 Å². The molecule has 0 bridgehead atoms. The number of aliphatic hydroxyl groups excluding tert-OH is 1. The Kier molecular flexibility index (Phi) is 4.29. The smallest absolute Gasteiger partial charge is 0.120 e. The lowest BCUT2D eigenvalue weighted by molar-refractivity contribution is 0.286. The lowest BCUT2D eigenvalue weighted by Crippen LogP contribution is -2.15. The number of aliphatic hydroxyl groups is 1. The second kappa shape index (κ2) is 5.56. The van der Waals surface area contributed by atoms with Gasteiger partial charge in [-0.2, -0.15) is 0 Å². The highest BCUT2D eigenvalue weighted by Crippen LogP contribution is 2.14. The summed E-state index contributed by atoms with van der Waals surface area (Å²) in [6.45, 7) is 1.62. The van der Waals surface area contributed by atoms with E-state index >= 15 is 0 Å². The fourth-order valence-electron chi connectivity index (χ4n) is 1.09. The Morgan fingerprint density at radius 3 is 2.69 bits per heavy atom. The number of aromatic hydroxyl groups is 1. The van der Waals surface area contributed by atoms with Crippen LogP contribution in [0.3, 0.4) is 0 Å². The van der Waals surface area contributed by atoms with Crippen molar-refractivity contribution in [2.24, 2.45) is 0 Å². The summed E-state index contributed by atoms with van der Waals surface area (Å²) in [4.78, 5) is 0. The molecule has 0 fully saturated rings. The molecule has 1 aromatic carbocycles. The number of phenolic OH excluding ortho intramolecular Hbond substituents is 1. The van der Waals surface area contributed by atoms with E-state index in [0.717, 1.165) is 18.5 Å². The summed E-state index contributed by atoms with van der Waals surface area (Å²) in [7, 11) is 0. The van der Waals surface area contributed by atoms with Crippen molar-refractivity contribution in [1.29, 1.82) is 0 Å². The van der Waals surface area contributed by atoms with Crippen LogP contribution >= 0.6 is 0 Å². The first kappa shape index (κ1) is 10.0. The second-order valence-electron chi connectivity index (χ2n) is 2.88. The van der Waals surface area contributed by atoms with Crippen LogP contribution in [-0.4, -0.2) is 23.4 Å². The van der Waals surface area contributed by atoms with E-state index in [2.05, 4.69) is 5.32 Å². The molecule has 3 nitrogen and oxygen atoms in total. The van der Waals surface area contributed by atoms with Crippen LogP contribution in [0, 0.1) is 0 Å². The molecular formula is C10H15NO2. The molecule has 1 rings (SSSR count). The number of rotatable bonds is 5. The Labute approximate surface area is 78.0 Å². The molecule has 0 spiro atoms. The minimum Gasteiger partial charge on any atom is -0.508 e. The third-order valence-electron chi connectivity index (χ3n) is 1.82. The van der Waals surface area contributed by atoms with Gasteiger partial charge in [0.05, 0.1) is 0 Å². The number of benzene rings is 1. The molecule has 13 heavy (non-hydrogen) atoms. The van der Waals surface area contributed by atoms with Gasteiger partial charge in [-0.1, -0.05) is 18.2 Å². The first-order chi connectivity index (χ1) is 6.34. The topological polar surface area (TPSA) is 52.5 Å². The zero-order chi connectivity index (χ0) is 9.52. The maximum absolute atomic E-state index is 9.38. The molecule has 0 unspecified atom stereocenters. The van der Waals surface area contributed by atoms with Crippen LogP contribution in [0.15, 0.2) is 24.3 Å². The monoisotopic (exact) mass is 181 g/mol. The second-order valence-corrected chi connectivity index (χ2v) is 2.88. The Hall–Kier alpha value is -1.06. The van der Waals surface area contributed by atoms with E-state index in [1.54, 1.807) is 12.1 Å². The molecule has 3 N–H and O–H groups in total. The third-order valence-corrected chi connectivity index (χ3v) is 1.82. The van der Waals surface area contributed by atoms with Gasteiger partial charge in [0.2, 0.25) is 0 Å². The lowest BCUT2D eigenvalue weighted by Gasteiger charge is -2.05. The Morgan fingerprint density at radius 1 is 1.23 bits per heavy atom. The van der Waals surface area contributed by atoms with Gasteiger partial charge in [0.1, 0.15) is 5.75 Å². The highest BCUT2D eigenvalue weighted by Gasteiger charge is 1.97. The van der Waals surface area contributed by atoms with Gasteiger partial charge in [-0.3, -0.25) is 0 Å². The largest absolute Gasteiger partial charge is 0.508 e. The first-order valence-corrected chi connectivity index (χ1v) is 4.43. The maximum Gasteiger partial charge on any atom is 0.120 e. The maximum atomic E-state index is 9.38. The summed E-state index contributed by atoms with van der Waals surface area (Å²) in [5, 5.41) is 21.0. The van der Waals surface area contributed by atoms with Crippen molar-refractivity contribution in [2.75, 3.05) is 13.2 Å². The highest BCUT2D eigenvalue weighted by atomic mass is 16.3. The average Bonchev–Trinajstić information content (AvgIpc) is 2.15. The van der Waals surface area contributed by atoms with Crippen molar-refractivity contribution in [3.8, 4) is 5.75 Å². The van der Waals surface area contributed by atoms with Crippen LogP contribution in [0.25, 0.3) is 0 Å². The lowest BCUT2D eigenvalue weighted by atomic mass is 10.2. The van der Waals surface area contributed by atoms with Gasteiger partial charge >= 0.3 is 0 Å². The molecule has 72 valence electrons. The Bertz CT molecular complexity index is 250. The number of hydrogen-bond donors (Lipinski definition) is 3. The van der Waals surface area contributed by atoms with Crippen LogP contribution in [0.5, 0.6) is 5.75 Å². The van der Waals surface area contributed by atoms with E-state index in [0.29, 0.717) is 12.3 Å². The predicted molar refractivity (Wildman–Crippen MR) is 51.5 cm³/mol. The zero-order valence-electron chi connectivity index (χ0n) is 7.53. The summed E-state index contributed by atoms with van der Waals surface area (Å²) >= 11 is 0. The fourth-order valence-corrected chi connectivity index (χ4v) is 1.09. The zero-order valence-corrected chi connectivity index (χ0v) is 7.53. The molecule has 0 saturated heterocycles. The van der Waals surface area contributed by atoms with Crippen molar-refractivity contribution >= 4 is 0 Å². The van der Waals surface area contributed by atoms with Gasteiger partial charge in [-0.25, -0.2) is 0 Å². The molecule has 1 aromatic rings. The van der Waals surface area contributed by atoms with Crippen molar-refractivity contribution in [3.05, 3.63) is 29.8 Å². The van der Waals surface area contributed by atoms with E-state index in [4.69, 9.17) is 5.11 Å². The van der Waals surface area contributed by atoms with Gasteiger partial charge < -0.3 is 15.5 Å². The van der Waals surface area contributed by atoms with Gasteiger partial charge in [-0.15, -0.1) is 0 Å². The van der Waals surface area contributed by atoms with Crippen molar-refractivity contribution in [2.45, 2.75) is 13.0 Å². The number of para-hydroxylation sites is 1. The third kappa shape index (κ3) is 3.44. The van der Waals surface area contributed by atoms with Crippen LogP contribution in [0.1, 0.15) is 12.0 Å². The van der Waals surface area contributed by atoms with Crippen molar-refractivity contribution in [1.82, 2.24) is 5.32 Å². The molecule has 3 heteroatoms. The van der Waals surface area contributed by atoms with E-state index in [-0.39, 0.29) is 6.61 Å². The minimum atomic E-state index is 0.202. The highest BCUT2D eigenvalue weighted by molar-refractivity contribution is 5.31. The average molecular weight is 181 g/mol. The van der Waals surface area contributed by atoms with E-state index in [1.165, 1.54) is 0 Å². The minimum absolute atomic E-state index is 0.202. The number of hydrogen-bond acceptors (Lipinski definition) is 3. The van der Waals surface area contributed by atoms with E-state index < -0.39 is 0 Å². The van der Waals surface area contributed by atoms with Gasteiger partial charge in [0.15, 0.2) is 0 Å². The summed E-state index contributed by atoms with van der Waals surface area (Å²) in [5.41, 5.74) is 0.889. The van der Waals surface area contributed by atoms with E-state index in [9.17, 15) is 5.11 Å². The fraction of sp³-hybridized carbons (Fsp3) is 0.400. The molecular weight excluding hydrogens is 166 g/mol. The van der Waals surface area contributed by atoms with Crippen molar-refractivity contribution in [3.63, 3.8) is 0 Å². The summed E-state index contributed by atoms with van der Waals surface area (Å²) in [5.74, 6) is 0.319. The van der Waals surface area contributed by atoms with Crippen LogP contribution in [-0.2, 0) is 6.54 Å². The standard InChI is InChI=1S/C10H15NO2/c12-7-3-6-11-8-9-4-1-2-5-10(9)13/h1-2,4-5,11-13H,3,6-8H2. The molecule has 0 amide bonds. The Balaban J connectivity index is 2.32. The van der Waals surface area contributed by atoms with Crippen LogP contribution in [0.2, 0.25) is 0 Å². The summed E-state index contributed by atoms with van der Waals surface area (Å²) in [6.07, 6.45) is 0.744. The van der Waals surface area contributed by atoms with Gasteiger partial charge in [0, 0.05) is 18.7 Å².